The van der Waals surface area contributed by atoms with Crippen LogP contribution in [-0.4, -0.2) is 167 Å². The highest BCUT2D eigenvalue weighted by atomic mass is 35.6. The van der Waals surface area contributed by atoms with Crippen LogP contribution in [0.2, 0.25) is 16.6 Å². The van der Waals surface area contributed by atoms with Gasteiger partial charge in [-0.05, 0) is 83.4 Å². The molecule has 4 fully saturated rings. The number of ether oxygens (including phenoxy) is 20. The Bertz CT molecular complexity index is 5630. The van der Waals surface area contributed by atoms with Gasteiger partial charge in [0.15, 0.2) is 27.2 Å². The first-order valence-corrected chi connectivity index (χ1v) is 53.5. The minimum atomic E-state index is -2.88. The predicted octanol–water partition coefficient (Wildman–Crippen LogP) is 23.5. The van der Waals surface area contributed by atoms with Crippen LogP contribution in [0.3, 0.4) is 0 Å². The summed E-state index contributed by atoms with van der Waals surface area (Å²) >= 11 is 20.0. The fourth-order valence-corrected chi connectivity index (χ4v) is 25.1. The molecule has 0 bridgehead atoms. The molecule has 20 atom stereocenters. The summed E-state index contributed by atoms with van der Waals surface area (Å²) in [6, 6.07) is 119. The van der Waals surface area contributed by atoms with Crippen LogP contribution in [0.4, 0.5) is 0 Å². The van der Waals surface area contributed by atoms with Crippen molar-refractivity contribution in [3.63, 3.8) is 0 Å². The lowest BCUT2D eigenvalue weighted by molar-refractivity contribution is -0.407. The van der Waals surface area contributed by atoms with E-state index in [2.05, 4.69) is 41.5 Å². The number of hydrogen-bond acceptors (Lipinski definition) is 22. The summed E-state index contributed by atoms with van der Waals surface area (Å²) in [5.74, 6) is -0.758. The molecule has 0 amide bonds. The van der Waals surface area contributed by atoms with E-state index in [0.29, 0.717) is 0 Å². The standard InChI is InChI=1S/C119H134Cl3NO21Si/c1-83(2)145(84(3)4,85(5)6)137-82-101-105(129-72-91-53-29-12-30-54-91)109(133-76-95-61-37-16-38-62-95)113(143-115-110(134-77-96-63-39-17-40-64-96)106(130-73-92-55-31-13-32-56-92)102(126-69-88-47-23-9-24-48-88)99(139-115)80-125-68-87-45-21-8-22-46-87)117(141-101)142-112-108(132-75-94-59-35-15-36-60-94)103(127-70-89-49-25-10-26-50-89)98(79-124-67-86-43-19-7-20-44-86)138-114(112)136-81-100-104(128-71-90-51-27-11-28-52-90)107(131-74-93-57-33-14-34-58-93)111(135-78-97-65-41-18-42-66-97)116(140-100)144-118(123)119(120,121)122/h7-66,83-85,98-117,123H,67-82H2,1-6H3. The van der Waals surface area contributed by atoms with Crippen LogP contribution in [-0.2, 0) is 178 Å². The predicted molar refractivity (Wildman–Crippen MR) is 559 cm³/mol. The van der Waals surface area contributed by atoms with Crippen molar-refractivity contribution in [2.24, 2.45) is 0 Å². The molecule has 22 nitrogen and oxygen atoms in total. The van der Waals surface area contributed by atoms with Gasteiger partial charge in [-0.3, -0.25) is 5.41 Å². The lowest BCUT2D eigenvalue weighted by Gasteiger charge is -2.52. The van der Waals surface area contributed by atoms with Gasteiger partial charge in [0.05, 0.1) is 106 Å². The first-order chi connectivity index (χ1) is 70.9. The summed E-state index contributed by atoms with van der Waals surface area (Å²) in [5, 5.41) is 9.38. The van der Waals surface area contributed by atoms with Gasteiger partial charge in [-0.2, -0.15) is 0 Å². The van der Waals surface area contributed by atoms with Crippen molar-refractivity contribution in [1.29, 1.82) is 5.41 Å². The molecule has 16 rings (SSSR count). The number of rotatable bonds is 52. The zero-order valence-electron chi connectivity index (χ0n) is 82.9. The van der Waals surface area contributed by atoms with Crippen LogP contribution in [0.1, 0.15) is 108 Å². The molecule has 12 aromatic carbocycles. The molecule has 1 N–H and O–H groups in total. The second-order valence-corrected chi connectivity index (χ2v) is 45.6. The van der Waals surface area contributed by atoms with E-state index in [4.69, 9.17) is 134 Å². The average Bonchev–Trinajstić information content (AvgIpc) is 0.750. The zero-order valence-corrected chi connectivity index (χ0v) is 86.2. The highest BCUT2D eigenvalue weighted by molar-refractivity contribution is 6.77. The minimum Gasteiger partial charge on any atom is -0.445 e. The molecule has 4 aliphatic rings. The van der Waals surface area contributed by atoms with Gasteiger partial charge in [0.25, 0.3) is 3.79 Å². The first kappa shape index (κ1) is 108. The molecular weight excluding hydrogens is 1910 g/mol. The first-order valence-electron chi connectivity index (χ1n) is 50.2. The summed E-state index contributed by atoms with van der Waals surface area (Å²) in [4.78, 5) is 0. The Morgan fingerprint density at radius 3 is 0.683 bits per heavy atom. The van der Waals surface area contributed by atoms with Gasteiger partial charge in [-0.1, -0.05) is 440 Å². The van der Waals surface area contributed by atoms with Crippen LogP contribution in [0.15, 0.2) is 364 Å². The topological polar surface area (TPSA) is 218 Å². The van der Waals surface area contributed by atoms with E-state index in [1.54, 1.807) is 0 Å². The van der Waals surface area contributed by atoms with Gasteiger partial charge in [-0.15, -0.1) is 0 Å². The summed E-state index contributed by atoms with van der Waals surface area (Å²) < 4.78 is 157. The zero-order chi connectivity index (χ0) is 100. The van der Waals surface area contributed by atoms with E-state index in [1.165, 1.54) is 0 Å². The van der Waals surface area contributed by atoms with E-state index in [1.807, 2.05) is 364 Å². The fraction of sp³-hybridized carbons (Fsp3) is 0.387. The van der Waals surface area contributed by atoms with Crippen LogP contribution >= 0.6 is 34.8 Å². The Labute approximate surface area is 869 Å². The molecule has 20 unspecified atom stereocenters. The fourth-order valence-electron chi connectivity index (χ4n) is 19.5. The second-order valence-electron chi connectivity index (χ2n) is 37.9. The summed E-state index contributed by atoms with van der Waals surface area (Å²) in [5.41, 5.74) is 10.7. The van der Waals surface area contributed by atoms with E-state index < -0.39 is 147 Å². The van der Waals surface area contributed by atoms with Crippen molar-refractivity contribution >= 4 is 49.0 Å². The number of hydrogen-bond donors (Lipinski definition) is 1. The second kappa shape index (κ2) is 55.6. The van der Waals surface area contributed by atoms with Crippen molar-refractivity contribution in [2.75, 3.05) is 26.4 Å². The summed E-state index contributed by atoms with van der Waals surface area (Å²) in [6.45, 7) is 14.0. The Balaban J connectivity index is 0.902. The molecule has 0 aromatic heterocycles. The van der Waals surface area contributed by atoms with Gasteiger partial charge >= 0.3 is 0 Å². The Kier molecular flexibility index (Phi) is 41.5. The molecule has 0 spiro atoms. The van der Waals surface area contributed by atoms with Crippen molar-refractivity contribution in [3.8, 4) is 0 Å². The smallest absolute Gasteiger partial charge is 0.265 e. The van der Waals surface area contributed by atoms with Crippen molar-refractivity contribution < 1.29 is 99.2 Å². The van der Waals surface area contributed by atoms with Gasteiger partial charge in [0, 0.05) is 0 Å². The Hall–Kier alpha value is -9.60. The maximum Gasteiger partial charge on any atom is 0.265 e. The molecular formula is C119H134Cl3NO21Si. The number of benzene rings is 12. The van der Waals surface area contributed by atoms with Gasteiger partial charge in [-0.25, -0.2) is 0 Å². The molecule has 26 heteroatoms. The van der Waals surface area contributed by atoms with Crippen LogP contribution in [0.25, 0.3) is 0 Å². The Morgan fingerprint density at radius 1 is 0.234 bits per heavy atom. The molecule has 766 valence electrons. The van der Waals surface area contributed by atoms with Crippen molar-refractivity contribution in [1.82, 2.24) is 0 Å². The summed E-state index contributed by atoms with van der Waals surface area (Å²) in [6.07, 6.45) is -24.6. The van der Waals surface area contributed by atoms with E-state index in [0.717, 1.165) is 66.8 Å². The highest BCUT2D eigenvalue weighted by Crippen LogP contribution is 2.46. The molecule has 0 aliphatic carbocycles. The average molecular weight is 2050 g/mol. The van der Waals surface area contributed by atoms with Crippen LogP contribution in [0, 0.1) is 5.41 Å². The normalized spacial score (nSPS) is 24.6. The molecule has 0 saturated carbocycles. The third-order valence-corrected chi connectivity index (χ3v) is 33.3. The maximum atomic E-state index is 9.38. The number of halogens is 3. The number of alkyl halides is 3. The maximum absolute atomic E-state index is 9.38. The third-order valence-electron chi connectivity index (χ3n) is 26.7. The quantitative estimate of drug-likeness (QED) is 0.0162. The molecule has 145 heavy (non-hydrogen) atoms. The van der Waals surface area contributed by atoms with E-state index >= 15 is 0 Å². The highest BCUT2D eigenvalue weighted by Gasteiger charge is 2.60. The Morgan fingerprint density at radius 2 is 0.428 bits per heavy atom. The van der Waals surface area contributed by atoms with E-state index in [9.17, 15) is 5.41 Å². The van der Waals surface area contributed by atoms with Gasteiger partial charge in [0.1, 0.15) is 97.7 Å². The van der Waals surface area contributed by atoms with Gasteiger partial charge < -0.3 is 99.2 Å². The monoisotopic (exact) mass is 2050 g/mol. The molecule has 4 saturated heterocycles. The molecule has 4 heterocycles. The van der Waals surface area contributed by atoms with Gasteiger partial charge in [0.2, 0.25) is 12.2 Å². The number of nitrogens with one attached hydrogen (secondary N) is 1. The lowest BCUT2D eigenvalue weighted by Crippen LogP contribution is -2.69. The molecule has 4 aliphatic heterocycles. The lowest BCUT2D eigenvalue weighted by atomic mass is 9.95. The minimum absolute atomic E-state index is 0.00456. The van der Waals surface area contributed by atoms with Crippen LogP contribution < -0.4 is 0 Å². The van der Waals surface area contributed by atoms with Crippen molar-refractivity contribution in [2.45, 2.75) is 264 Å². The third kappa shape index (κ3) is 31.1. The van der Waals surface area contributed by atoms with E-state index in [-0.39, 0.29) is 116 Å². The molecule has 0 radical (unpaired) electrons. The molecule has 12 aromatic rings. The largest absolute Gasteiger partial charge is 0.445 e. The summed E-state index contributed by atoms with van der Waals surface area (Å²) in [7, 11) is -2.88. The van der Waals surface area contributed by atoms with Crippen LogP contribution in [0.5, 0.6) is 0 Å². The van der Waals surface area contributed by atoms with Crippen molar-refractivity contribution in [3.05, 3.63) is 431 Å². The SMILES string of the molecule is CC(C)[Si](OCC1OC(OC2C(OCC3OC(OC(=N)C(Cl)(Cl)Cl)C(OCc4ccccc4)C(OCc4ccccc4)C3OCc3ccccc3)OC(COCc3ccccc3)C(OCc3ccccc3)C2OCc2ccccc2)C(OC2OC(COCc3ccccc3)C(OCc3ccccc3)C(OCc3ccccc3)C2OCc2ccccc2)C(OCc2ccccc2)C1OCc1ccccc1)(C(C)C)C(C)C.